The van der Waals surface area contributed by atoms with Crippen LogP contribution in [-0.4, -0.2) is 10.7 Å². The summed E-state index contributed by atoms with van der Waals surface area (Å²) >= 11 is 0. The molecular formula is C21H30O. The molecule has 0 spiro atoms. The molecule has 4 aliphatic carbocycles. The predicted octanol–water partition coefficient (Wildman–Crippen LogP) is 4.56. The molecule has 3 saturated carbocycles. The highest BCUT2D eigenvalue weighted by Gasteiger charge is 2.62. The Hall–Kier alpha value is -0.740. The summed E-state index contributed by atoms with van der Waals surface area (Å²) < 4.78 is 0. The van der Waals surface area contributed by atoms with Crippen molar-refractivity contribution in [2.75, 3.05) is 0 Å². The van der Waals surface area contributed by atoms with Crippen LogP contribution < -0.4 is 0 Å². The highest BCUT2D eigenvalue weighted by Crippen LogP contribution is 2.65. The van der Waals surface area contributed by atoms with Crippen LogP contribution in [-0.2, 0) is 0 Å². The molecule has 4 aliphatic rings. The van der Waals surface area contributed by atoms with Gasteiger partial charge < -0.3 is 5.11 Å². The van der Waals surface area contributed by atoms with Gasteiger partial charge in [-0.2, -0.15) is 0 Å². The summed E-state index contributed by atoms with van der Waals surface area (Å²) in [5.74, 6) is 6.66. The van der Waals surface area contributed by atoms with E-state index in [1.165, 1.54) is 32.1 Å². The average molecular weight is 298 g/mol. The minimum atomic E-state index is -0.856. The molecule has 3 fully saturated rings. The smallest absolute Gasteiger partial charge is 0.130 e. The maximum atomic E-state index is 11.0. The Bertz CT molecular complexity index is 541. The van der Waals surface area contributed by atoms with E-state index in [2.05, 4.69) is 25.8 Å². The third-order valence-electron chi connectivity index (χ3n) is 8.11. The van der Waals surface area contributed by atoms with Gasteiger partial charge in [-0.25, -0.2) is 0 Å². The van der Waals surface area contributed by atoms with Gasteiger partial charge in [0.2, 0.25) is 0 Å². The van der Waals surface area contributed by atoms with Crippen molar-refractivity contribution in [3.05, 3.63) is 11.6 Å². The monoisotopic (exact) mass is 298 g/mol. The largest absolute Gasteiger partial charge is 0.377 e. The van der Waals surface area contributed by atoms with E-state index in [1.807, 2.05) is 0 Å². The third-order valence-corrected chi connectivity index (χ3v) is 8.11. The van der Waals surface area contributed by atoms with Gasteiger partial charge in [0.05, 0.1) is 0 Å². The van der Waals surface area contributed by atoms with E-state index in [-0.39, 0.29) is 5.41 Å². The lowest BCUT2D eigenvalue weighted by atomic mass is 9.48. The van der Waals surface area contributed by atoms with Gasteiger partial charge in [0, 0.05) is 5.41 Å². The zero-order chi connectivity index (χ0) is 15.5. The lowest BCUT2D eigenvalue weighted by Gasteiger charge is -2.57. The zero-order valence-corrected chi connectivity index (χ0v) is 14.1. The Labute approximate surface area is 135 Å². The van der Waals surface area contributed by atoms with Crippen LogP contribution in [0.5, 0.6) is 0 Å². The molecule has 0 unspecified atom stereocenters. The van der Waals surface area contributed by atoms with E-state index >= 15 is 0 Å². The second-order valence-electron chi connectivity index (χ2n) is 8.84. The summed E-state index contributed by atoms with van der Waals surface area (Å²) in [5, 5.41) is 11.0. The van der Waals surface area contributed by atoms with E-state index in [4.69, 9.17) is 6.42 Å². The molecular weight excluding hydrogens is 268 g/mol. The van der Waals surface area contributed by atoms with Gasteiger partial charge in [0.15, 0.2) is 0 Å². The van der Waals surface area contributed by atoms with Crippen molar-refractivity contribution < 1.29 is 5.11 Å². The Balaban J connectivity index is 1.70. The molecule has 1 nitrogen and oxygen atoms in total. The SMILES string of the molecule is C#C[C@]1(O)CC[C@H]2[C@H]3[C@H](CC[C@@]21C)[C@H]1CCCC=C1C[C@H]3C. The fourth-order valence-corrected chi connectivity index (χ4v) is 6.96. The van der Waals surface area contributed by atoms with Crippen molar-refractivity contribution in [3.63, 3.8) is 0 Å². The molecule has 0 aliphatic heterocycles. The summed E-state index contributed by atoms with van der Waals surface area (Å²) in [5.41, 5.74) is 0.867. The van der Waals surface area contributed by atoms with E-state index in [9.17, 15) is 5.11 Å². The number of fused-ring (bicyclic) bond motifs is 5. The number of rotatable bonds is 0. The first-order chi connectivity index (χ1) is 10.5. The first-order valence-corrected chi connectivity index (χ1v) is 9.39. The van der Waals surface area contributed by atoms with Crippen LogP contribution >= 0.6 is 0 Å². The molecule has 0 aromatic rings. The number of hydrogen-bond acceptors (Lipinski definition) is 1. The van der Waals surface area contributed by atoms with E-state index in [0.29, 0.717) is 5.92 Å². The number of allylic oxidation sites excluding steroid dienone is 2. The molecule has 1 N–H and O–H groups in total. The van der Waals surface area contributed by atoms with Crippen LogP contribution in [0.1, 0.15) is 65.2 Å². The van der Waals surface area contributed by atoms with E-state index in [1.54, 1.807) is 5.57 Å². The molecule has 7 atom stereocenters. The van der Waals surface area contributed by atoms with Crippen LogP contribution in [0.2, 0.25) is 0 Å². The van der Waals surface area contributed by atoms with Crippen molar-refractivity contribution in [3.8, 4) is 12.3 Å². The maximum absolute atomic E-state index is 11.0. The molecule has 0 aromatic carbocycles. The van der Waals surface area contributed by atoms with Crippen LogP contribution in [0.4, 0.5) is 0 Å². The highest BCUT2D eigenvalue weighted by atomic mass is 16.3. The first kappa shape index (κ1) is 14.8. The fourth-order valence-electron chi connectivity index (χ4n) is 6.96. The van der Waals surface area contributed by atoms with E-state index in [0.717, 1.165) is 42.9 Å². The second kappa shape index (κ2) is 4.88. The summed E-state index contributed by atoms with van der Waals surface area (Å²) in [6.45, 7) is 4.75. The van der Waals surface area contributed by atoms with Crippen LogP contribution in [0.3, 0.4) is 0 Å². The minimum absolute atomic E-state index is 0.0486. The highest BCUT2D eigenvalue weighted by molar-refractivity contribution is 5.25. The van der Waals surface area contributed by atoms with Crippen molar-refractivity contribution in [2.24, 2.45) is 35.0 Å². The Morgan fingerprint density at radius 2 is 2.09 bits per heavy atom. The van der Waals surface area contributed by atoms with Crippen molar-refractivity contribution >= 4 is 0 Å². The lowest BCUT2D eigenvalue weighted by molar-refractivity contribution is -0.0981. The standard InChI is InChI=1S/C21H30O/c1-4-21(22)12-10-18-19-14(2)13-15-7-5-6-8-16(15)17(19)9-11-20(18,21)3/h1,7,14,16-19,22H,5-6,8-13H2,2-3H3/t14-,16+,17-,18+,19-,20+,21+/m1/s1. The number of aliphatic hydroxyl groups is 1. The predicted molar refractivity (Wildman–Crippen MR) is 90.0 cm³/mol. The fraction of sp³-hybridized carbons (Fsp3) is 0.810. The minimum Gasteiger partial charge on any atom is -0.377 e. The van der Waals surface area contributed by atoms with Crippen molar-refractivity contribution in [1.82, 2.24) is 0 Å². The van der Waals surface area contributed by atoms with Gasteiger partial charge in [-0.15, -0.1) is 6.42 Å². The normalized spacial score (nSPS) is 53.7. The molecule has 0 bridgehead atoms. The lowest BCUT2D eigenvalue weighted by Crippen LogP contribution is -2.53. The Morgan fingerprint density at radius 1 is 1.27 bits per heavy atom. The molecule has 4 rings (SSSR count). The molecule has 0 amide bonds. The van der Waals surface area contributed by atoms with Gasteiger partial charge in [0.1, 0.15) is 5.60 Å². The number of hydrogen-bond donors (Lipinski definition) is 1. The summed E-state index contributed by atoms with van der Waals surface area (Å²) in [4.78, 5) is 0. The number of terminal acetylenes is 1. The van der Waals surface area contributed by atoms with Gasteiger partial charge in [0.25, 0.3) is 0 Å². The van der Waals surface area contributed by atoms with Crippen molar-refractivity contribution in [2.45, 2.75) is 70.8 Å². The van der Waals surface area contributed by atoms with Gasteiger partial charge in [-0.1, -0.05) is 31.4 Å². The Morgan fingerprint density at radius 3 is 2.86 bits per heavy atom. The molecule has 0 aromatic heterocycles. The first-order valence-electron chi connectivity index (χ1n) is 9.39. The van der Waals surface area contributed by atoms with Gasteiger partial charge >= 0.3 is 0 Å². The van der Waals surface area contributed by atoms with Gasteiger partial charge in [-0.3, -0.25) is 0 Å². The quantitative estimate of drug-likeness (QED) is 0.513. The van der Waals surface area contributed by atoms with Crippen LogP contribution in [0.25, 0.3) is 0 Å². The van der Waals surface area contributed by atoms with Crippen LogP contribution in [0.15, 0.2) is 11.6 Å². The summed E-state index contributed by atoms with van der Waals surface area (Å²) in [6.07, 6.45) is 18.0. The third kappa shape index (κ3) is 1.77. The molecule has 0 saturated heterocycles. The van der Waals surface area contributed by atoms with E-state index < -0.39 is 5.60 Å². The van der Waals surface area contributed by atoms with Crippen molar-refractivity contribution in [1.29, 1.82) is 0 Å². The summed E-state index contributed by atoms with van der Waals surface area (Å²) in [6, 6.07) is 0. The summed E-state index contributed by atoms with van der Waals surface area (Å²) in [7, 11) is 0. The zero-order valence-electron chi connectivity index (χ0n) is 14.1. The molecule has 1 heteroatoms. The topological polar surface area (TPSA) is 20.2 Å². The van der Waals surface area contributed by atoms with Crippen LogP contribution in [0, 0.1) is 47.3 Å². The second-order valence-corrected chi connectivity index (χ2v) is 8.84. The molecule has 0 heterocycles. The Kier molecular flexibility index (Phi) is 3.29. The molecule has 0 radical (unpaired) electrons. The average Bonchev–Trinajstić information content (AvgIpc) is 2.80. The molecule has 120 valence electrons. The maximum Gasteiger partial charge on any atom is 0.130 e. The van der Waals surface area contributed by atoms with Gasteiger partial charge in [-0.05, 0) is 81.0 Å². The molecule has 22 heavy (non-hydrogen) atoms.